The van der Waals surface area contributed by atoms with Crippen LogP contribution in [-0.2, 0) is 0 Å². The third kappa shape index (κ3) is 3.19. The summed E-state index contributed by atoms with van der Waals surface area (Å²) in [6.45, 7) is 13.0. The first kappa shape index (κ1) is 15.8. The fourth-order valence-electron chi connectivity index (χ4n) is 4.29. The lowest BCUT2D eigenvalue weighted by Crippen LogP contribution is -2.53. The molecule has 0 amide bonds. The van der Waals surface area contributed by atoms with Gasteiger partial charge in [0.15, 0.2) is 0 Å². The summed E-state index contributed by atoms with van der Waals surface area (Å²) in [5.74, 6) is 1.79. The highest BCUT2D eigenvalue weighted by molar-refractivity contribution is 5.01. The third-order valence-corrected chi connectivity index (χ3v) is 6.06. The van der Waals surface area contributed by atoms with Crippen molar-refractivity contribution in [3.8, 4) is 6.07 Å². The van der Waals surface area contributed by atoms with Gasteiger partial charge in [0.1, 0.15) is 0 Å². The van der Waals surface area contributed by atoms with E-state index in [1.165, 1.54) is 32.2 Å². The lowest BCUT2D eigenvalue weighted by Gasteiger charge is -2.49. The Hall–Kier alpha value is -0.550. The highest BCUT2D eigenvalue weighted by Crippen LogP contribution is 2.43. The molecule has 0 aromatic carbocycles. The molecule has 0 bridgehead atoms. The highest BCUT2D eigenvalue weighted by atomic mass is 15.2. The Morgan fingerprint density at radius 3 is 2.40 bits per heavy atom. The smallest absolute Gasteiger partial charge is 0.0672 e. The van der Waals surface area contributed by atoms with Crippen molar-refractivity contribution in [3.05, 3.63) is 0 Å². The molecule has 0 N–H and O–H groups in total. The van der Waals surface area contributed by atoms with E-state index in [4.69, 9.17) is 0 Å². The van der Waals surface area contributed by atoms with Crippen LogP contribution in [0.4, 0.5) is 0 Å². The Morgan fingerprint density at radius 2 is 1.80 bits per heavy atom. The average Bonchev–Trinajstić information content (AvgIpc) is 2.40. The molecule has 1 aliphatic carbocycles. The van der Waals surface area contributed by atoms with Gasteiger partial charge in [-0.3, -0.25) is 4.90 Å². The van der Waals surface area contributed by atoms with E-state index in [2.05, 4.69) is 45.6 Å². The minimum absolute atomic E-state index is 0.251. The van der Waals surface area contributed by atoms with Crippen molar-refractivity contribution in [2.45, 2.75) is 78.8 Å². The van der Waals surface area contributed by atoms with Crippen molar-refractivity contribution < 1.29 is 0 Å². The molecular weight excluding hydrogens is 244 g/mol. The van der Waals surface area contributed by atoms with E-state index in [0.29, 0.717) is 17.5 Å². The van der Waals surface area contributed by atoms with E-state index in [1.807, 2.05) is 0 Å². The Kier molecular flexibility index (Phi) is 4.80. The Labute approximate surface area is 125 Å². The SMILES string of the molecule is CC1CCCN(C2CC(C(C)(C)C)CCC2C#N)C1C. The number of rotatable bonds is 1. The summed E-state index contributed by atoms with van der Waals surface area (Å²) in [4.78, 5) is 2.68. The fraction of sp³-hybridized carbons (Fsp3) is 0.944. The van der Waals surface area contributed by atoms with Crippen molar-refractivity contribution >= 4 is 0 Å². The molecule has 2 heteroatoms. The maximum Gasteiger partial charge on any atom is 0.0672 e. The molecule has 5 atom stereocenters. The van der Waals surface area contributed by atoms with Gasteiger partial charge in [-0.1, -0.05) is 27.7 Å². The van der Waals surface area contributed by atoms with E-state index in [1.54, 1.807) is 0 Å². The van der Waals surface area contributed by atoms with Gasteiger partial charge in [0, 0.05) is 12.1 Å². The standard InChI is InChI=1S/C18H32N2/c1-13-7-6-10-20(14(13)2)17-11-16(18(3,4)5)9-8-15(17)12-19/h13-17H,6-11H2,1-5H3. The molecule has 0 aromatic heterocycles. The van der Waals surface area contributed by atoms with Crippen molar-refractivity contribution in [1.29, 1.82) is 5.26 Å². The Bertz CT molecular complexity index is 363. The van der Waals surface area contributed by atoms with E-state index in [0.717, 1.165) is 18.3 Å². The van der Waals surface area contributed by atoms with Crippen LogP contribution in [0.3, 0.4) is 0 Å². The first-order chi connectivity index (χ1) is 9.34. The van der Waals surface area contributed by atoms with Crippen molar-refractivity contribution in [2.24, 2.45) is 23.2 Å². The molecule has 2 rings (SSSR count). The van der Waals surface area contributed by atoms with Crippen LogP contribution in [0, 0.1) is 34.5 Å². The molecule has 2 aliphatic rings. The normalized spacial score (nSPS) is 40.3. The largest absolute Gasteiger partial charge is 0.296 e. The third-order valence-electron chi connectivity index (χ3n) is 6.06. The Morgan fingerprint density at radius 1 is 1.10 bits per heavy atom. The zero-order valence-corrected chi connectivity index (χ0v) is 14.0. The van der Waals surface area contributed by atoms with Gasteiger partial charge in [-0.15, -0.1) is 0 Å². The predicted octanol–water partition coefficient (Wildman–Crippen LogP) is 4.46. The summed E-state index contributed by atoms with van der Waals surface area (Å²) in [5.41, 5.74) is 0.378. The second-order valence-corrected chi connectivity index (χ2v) is 8.28. The molecule has 20 heavy (non-hydrogen) atoms. The van der Waals surface area contributed by atoms with E-state index < -0.39 is 0 Å². The lowest BCUT2D eigenvalue weighted by atomic mass is 9.67. The summed E-state index contributed by atoms with van der Waals surface area (Å²) < 4.78 is 0. The second-order valence-electron chi connectivity index (χ2n) is 8.28. The fourth-order valence-corrected chi connectivity index (χ4v) is 4.29. The minimum atomic E-state index is 0.251. The molecular formula is C18H32N2. The van der Waals surface area contributed by atoms with Crippen LogP contribution in [0.2, 0.25) is 0 Å². The maximum absolute atomic E-state index is 9.56. The topological polar surface area (TPSA) is 27.0 Å². The van der Waals surface area contributed by atoms with Crippen LogP contribution < -0.4 is 0 Å². The Balaban J connectivity index is 2.15. The van der Waals surface area contributed by atoms with E-state index in [9.17, 15) is 5.26 Å². The van der Waals surface area contributed by atoms with Gasteiger partial charge in [0.05, 0.1) is 12.0 Å². The molecule has 2 nitrogen and oxygen atoms in total. The molecule has 114 valence electrons. The zero-order chi connectivity index (χ0) is 14.9. The molecule has 0 spiro atoms. The highest BCUT2D eigenvalue weighted by Gasteiger charge is 2.41. The van der Waals surface area contributed by atoms with Crippen molar-refractivity contribution in [2.75, 3.05) is 6.54 Å². The first-order valence-electron chi connectivity index (χ1n) is 8.50. The minimum Gasteiger partial charge on any atom is -0.296 e. The van der Waals surface area contributed by atoms with Gasteiger partial charge in [-0.2, -0.15) is 5.26 Å². The molecule has 2 fully saturated rings. The van der Waals surface area contributed by atoms with Gasteiger partial charge < -0.3 is 0 Å². The maximum atomic E-state index is 9.56. The quantitative estimate of drug-likeness (QED) is 0.707. The molecule has 0 aromatic rings. The molecule has 1 saturated heterocycles. The van der Waals surface area contributed by atoms with Crippen LogP contribution in [0.1, 0.15) is 66.7 Å². The summed E-state index contributed by atoms with van der Waals surface area (Å²) in [7, 11) is 0. The summed E-state index contributed by atoms with van der Waals surface area (Å²) >= 11 is 0. The summed E-state index contributed by atoms with van der Waals surface area (Å²) in [6, 6.07) is 3.76. The van der Waals surface area contributed by atoms with Gasteiger partial charge in [-0.25, -0.2) is 0 Å². The van der Waals surface area contributed by atoms with Gasteiger partial charge >= 0.3 is 0 Å². The number of likely N-dealkylation sites (tertiary alicyclic amines) is 1. The lowest BCUT2D eigenvalue weighted by molar-refractivity contribution is 0.00381. The van der Waals surface area contributed by atoms with Crippen LogP contribution in [0.25, 0.3) is 0 Å². The molecule has 5 unspecified atom stereocenters. The second kappa shape index (κ2) is 6.06. The molecule has 0 radical (unpaired) electrons. The van der Waals surface area contributed by atoms with E-state index in [-0.39, 0.29) is 5.92 Å². The molecule has 1 aliphatic heterocycles. The van der Waals surface area contributed by atoms with Gasteiger partial charge in [0.25, 0.3) is 0 Å². The van der Waals surface area contributed by atoms with Crippen LogP contribution in [-0.4, -0.2) is 23.5 Å². The molecule has 1 heterocycles. The van der Waals surface area contributed by atoms with Crippen molar-refractivity contribution in [3.63, 3.8) is 0 Å². The predicted molar refractivity (Wildman–Crippen MR) is 84.3 cm³/mol. The summed E-state index contributed by atoms with van der Waals surface area (Å²) in [5, 5.41) is 9.56. The number of nitrogens with zero attached hydrogens (tertiary/aromatic N) is 2. The first-order valence-corrected chi connectivity index (χ1v) is 8.50. The van der Waals surface area contributed by atoms with Gasteiger partial charge in [-0.05, 0) is 62.8 Å². The van der Waals surface area contributed by atoms with Crippen molar-refractivity contribution in [1.82, 2.24) is 4.90 Å². The van der Waals surface area contributed by atoms with Crippen LogP contribution >= 0.6 is 0 Å². The van der Waals surface area contributed by atoms with Crippen LogP contribution in [0.5, 0.6) is 0 Å². The van der Waals surface area contributed by atoms with E-state index >= 15 is 0 Å². The monoisotopic (exact) mass is 276 g/mol. The average molecular weight is 276 g/mol. The molecule has 1 saturated carbocycles. The van der Waals surface area contributed by atoms with Gasteiger partial charge in [0.2, 0.25) is 0 Å². The number of hydrogen-bond acceptors (Lipinski definition) is 2. The number of hydrogen-bond donors (Lipinski definition) is 0. The number of nitriles is 1. The zero-order valence-electron chi connectivity index (χ0n) is 14.0. The van der Waals surface area contributed by atoms with Crippen LogP contribution in [0.15, 0.2) is 0 Å². The number of piperidine rings is 1. The summed E-state index contributed by atoms with van der Waals surface area (Å²) in [6.07, 6.45) is 6.21.